The molecule has 17 heavy (non-hydrogen) atoms. The van der Waals surface area contributed by atoms with E-state index in [2.05, 4.69) is 24.2 Å². The maximum Gasteiger partial charge on any atom is 0.0589 e. The molecular weight excluding hydrogens is 212 g/mol. The molecule has 0 aliphatic heterocycles. The first kappa shape index (κ1) is 14.9. The highest BCUT2D eigenvalue weighted by molar-refractivity contribution is 4.90. The molecule has 0 heterocycles. The summed E-state index contributed by atoms with van der Waals surface area (Å²) in [5.74, 6) is 0. The molecule has 1 aliphatic carbocycles. The molecule has 0 aromatic carbocycles. The molecule has 102 valence electrons. The van der Waals surface area contributed by atoms with E-state index >= 15 is 0 Å². The van der Waals surface area contributed by atoms with Gasteiger partial charge in [-0.1, -0.05) is 26.2 Å². The number of hydrogen-bond acceptors (Lipinski definition) is 3. The fourth-order valence-corrected chi connectivity index (χ4v) is 2.87. The monoisotopic (exact) mass is 242 g/mol. The highest BCUT2D eigenvalue weighted by atomic mass is 16.5. The second-order valence-electron chi connectivity index (χ2n) is 5.27. The smallest absolute Gasteiger partial charge is 0.0589 e. The molecule has 0 radical (unpaired) electrons. The van der Waals surface area contributed by atoms with Crippen molar-refractivity contribution in [3.05, 3.63) is 0 Å². The van der Waals surface area contributed by atoms with E-state index in [4.69, 9.17) is 4.74 Å². The molecule has 0 aromatic rings. The first-order valence-corrected chi connectivity index (χ1v) is 7.16. The summed E-state index contributed by atoms with van der Waals surface area (Å²) in [5, 5.41) is 3.60. The SMILES string of the molecule is CCN(CCOC)CCC1(NC)CCCCC1. The van der Waals surface area contributed by atoms with Crippen LogP contribution in [0.25, 0.3) is 0 Å². The van der Waals surface area contributed by atoms with Gasteiger partial charge >= 0.3 is 0 Å². The highest BCUT2D eigenvalue weighted by Crippen LogP contribution is 2.30. The van der Waals surface area contributed by atoms with Crippen molar-refractivity contribution in [2.24, 2.45) is 0 Å². The third kappa shape index (κ3) is 4.94. The van der Waals surface area contributed by atoms with Crippen molar-refractivity contribution >= 4 is 0 Å². The van der Waals surface area contributed by atoms with Crippen molar-refractivity contribution in [1.29, 1.82) is 0 Å². The number of likely N-dealkylation sites (N-methyl/N-ethyl adjacent to an activating group) is 1. The number of nitrogens with one attached hydrogen (secondary N) is 1. The fraction of sp³-hybridized carbons (Fsp3) is 1.00. The van der Waals surface area contributed by atoms with Gasteiger partial charge in [-0.15, -0.1) is 0 Å². The number of nitrogens with zero attached hydrogens (tertiary/aromatic N) is 1. The van der Waals surface area contributed by atoms with Crippen LogP contribution >= 0.6 is 0 Å². The molecule has 1 saturated carbocycles. The van der Waals surface area contributed by atoms with Gasteiger partial charge in [-0.25, -0.2) is 0 Å². The number of hydrogen-bond donors (Lipinski definition) is 1. The minimum atomic E-state index is 0.415. The van der Waals surface area contributed by atoms with Crippen LogP contribution in [0.5, 0.6) is 0 Å². The minimum absolute atomic E-state index is 0.415. The Bertz CT molecular complexity index is 191. The fourth-order valence-electron chi connectivity index (χ4n) is 2.87. The van der Waals surface area contributed by atoms with Gasteiger partial charge in [0.15, 0.2) is 0 Å². The van der Waals surface area contributed by atoms with Crippen LogP contribution in [0, 0.1) is 0 Å². The molecule has 0 spiro atoms. The van der Waals surface area contributed by atoms with Gasteiger partial charge in [-0.3, -0.25) is 0 Å². The summed E-state index contributed by atoms with van der Waals surface area (Å²) < 4.78 is 5.16. The number of rotatable bonds is 8. The first-order chi connectivity index (χ1) is 8.26. The van der Waals surface area contributed by atoms with Crippen molar-refractivity contribution in [2.45, 2.75) is 51.0 Å². The zero-order valence-corrected chi connectivity index (χ0v) is 11.9. The van der Waals surface area contributed by atoms with Crippen molar-refractivity contribution in [2.75, 3.05) is 40.4 Å². The largest absolute Gasteiger partial charge is 0.383 e. The molecule has 0 bridgehead atoms. The van der Waals surface area contributed by atoms with E-state index in [0.717, 1.165) is 19.7 Å². The van der Waals surface area contributed by atoms with Crippen LogP contribution in [0.2, 0.25) is 0 Å². The van der Waals surface area contributed by atoms with Gasteiger partial charge in [-0.05, 0) is 39.4 Å². The summed E-state index contributed by atoms with van der Waals surface area (Å²) in [5.41, 5.74) is 0.415. The molecule has 0 amide bonds. The molecule has 1 rings (SSSR count). The zero-order chi connectivity index (χ0) is 12.6. The lowest BCUT2D eigenvalue weighted by atomic mass is 9.79. The van der Waals surface area contributed by atoms with Crippen LogP contribution in [0.15, 0.2) is 0 Å². The summed E-state index contributed by atoms with van der Waals surface area (Å²) in [4.78, 5) is 2.50. The van der Waals surface area contributed by atoms with E-state index in [-0.39, 0.29) is 0 Å². The van der Waals surface area contributed by atoms with Gasteiger partial charge in [0.05, 0.1) is 6.61 Å². The Balaban J connectivity index is 2.34. The Labute approximate surface area is 107 Å². The molecule has 0 saturated heterocycles. The molecule has 0 atom stereocenters. The molecule has 1 N–H and O–H groups in total. The molecule has 3 heteroatoms. The average molecular weight is 242 g/mol. The lowest BCUT2D eigenvalue weighted by molar-refractivity contribution is 0.134. The second kappa shape index (κ2) is 8.06. The quantitative estimate of drug-likeness (QED) is 0.706. The lowest BCUT2D eigenvalue weighted by Crippen LogP contribution is -2.47. The molecule has 1 fully saturated rings. The second-order valence-corrected chi connectivity index (χ2v) is 5.27. The predicted octanol–water partition coefficient (Wildman–Crippen LogP) is 2.27. The van der Waals surface area contributed by atoms with Crippen molar-refractivity contribution in [3.63, 3.8) is 0 Å². The lowest BCUT2D eigenvalue weighted by Gasteiger charge is -2.38. The molecule has 1 aliphatic rings. The molecular formula is C14H30N2O. The predicted molar refractivity (Wildman–Crippen MR) is 73.5 cm³/mol. The standard InChI is InChI=1S/C14H30N2O/c1-4-16(12-13-17-3)11-10-14(15-2)8-6-5-7-9-14/h15H,4-13H2,1-3H3. The van der Waals surface area contributed by atoms with E-state index in [0.29, 0.717) is 5.54 Å². The number of methoxy groups -OCH3 is 1. The van der Waals surface area contributed by atoms with Gasteiger partial charge in [-0.2, -0.15) is 0 Å². The van der Waals surface area contributed by atoms with Gasteiger partial charge < -0.3 is 15.0 Å². The Hall–Kier alpha value is -0.120. The van der Waals surface area contributed by atoms with E-state index < -0.39 is 0 Å². The summed E-state index contributed by atoms with van der Waals surface area (Å²) in [6.45, 7) is 6.47. The Morgan fingerprint density at radius 3 is 2.41 bits per heavy atom. The van der Waals surface area contributed by atoms with Crippen molar-refractivity contribution < 1.29 is 4.74 Å². The zero-order valence-electron chi connectivity index (χ0n) is 11.9. The summed E-state index contributed by atoms with van der Waals surface area (Å²) >= 11 is 0. The maximum absolute atomic E-state index is 5.16. The van der Waals surface area contributed by atoms with Crippen molar-refractivity contribution in [1.82, 2.24) is 10.2 Å². The Morgan fingerprint density at radius 2 is 1.88 bits per heavy atom. The van der Waals surface area contributed by atoms with Crippen LogP contribution in [0.4, 0.5) is 0 Å². The first-order valence-electron chi connectivity index (χ1n) is 7.16. The van der Waals surface area contributed by atoms with E-state index in [1.807, 2.05) is 0 Å². The van der Waals surface area contributed by atoms with Gasteiger partial charge in [0, 0.05) is 19.2 Å². The summed E-state index contributed by atoms with van der Waals surface area (Å²) in [7, 11) is 3.92. The molecule has 3 nitrogen and oxygen atoms in total. The summed E-state index contributed by atoms with van der Waals surface area (Å²) in [6, 6.07) is 0. The topological polar surface area (TPSA) is 24.5 Å². The van der Waals surface area contributed by atoms with E-state index in [1.54, 1.807) is 7.11 Å². The highest BCUT2D eigenvalue weighted by Gasteiger charge is 2.29. The Kier molecular flexibility index (Phi) is 7.09. The van der Waals surface area contributed by atoms with E-state index in [1.165, 1.54) is 45.1 Å². The van der Waals surface area contributed by atoms with Gasteiger partial charge in [0.1, 0.15) is 0 Å². The molecule has 0 aromatic heterocycles. The van der Waals surface area contributed by atoms with Crippen LogP contribution in [-0.2, 0) is 4.74 Å². The summed E-state index contributed by atoms with van der Waals surface area (Å²) in [6.07, 6.45) is 8.19. The molecule has 0 unspecified atom stereocenters. The number of ether oxygens (including phenoxy) is 1. The maximum atomic E-state index is 5.16. The third-order valence-electron chi connectivity index (χ3n) is 4.31. The van der Waals surface area contributed by atoms with Gasteiger partial charge in [0.2, 0.25) is 0 Å². The minimum Gasteiger partial charge on any atom is -0.383 e. The average Bonchev–Trinajstić information content (AvgIpc) is 2.40. The third-order valence-corrected chi connectivity index (χ3v) is 4.31. The Morgan fingerprint density at radius 1 is 1.18 bits per heavy atom. The van der Waals surface area contributed by atoms with Crippen LogP contribution in [0.1, 0.15) is 45.4 Å². The van der Waals surface area contributed by atoms with Crippen LogP contribution in [0.3, 0.4) is 0 Å². The van der Waals surface area contributed by atoms with Gasteiger partial charge in [0.25, 0.3) is 0 Å². The van der Waals surface area contributed by atoms with E-state index in [9.17, 15) is 0 Å². The normalized spacial score (nSPS) is 19.8. The van der Waals surface area contributed by atoms with Crippen LogP contribution < -0.4 is 5.32 Å². The van der Waals surface area contributed by atoms with Crippen LogP contribution in [-0.4, -0.2) is 50.8 Å². The van der Waals surface area contributed by atoms with Crippen molar-refractivity contribution in [3.8, 4) is 0 Å².